The number of anilines is 1. The number of nitrogens with zero attached hydrogens (tertiary/aromatic N) is 2. The molecule has 0 radical (unpaired) electrons. The van der Waals surface area contributed by atoms with Crippen molar-refractivity contribution in [2.45, 2.75) is 25.1 Å². The van der Waals surface area contributed by atoms with Crippen molar-refractivity contribution < 1.29 is 9.90 Å². The lowest BCUT2D eigenvalue weighted by molar-refractivity contribution is 0.0697. The van der Waals surface area contributed by atoms with E-state index in [0.717, 1.165) is 18.0 Å². The molecular weight excluding hydrogens is 236 g/mol. The van der Waals surface area contributed by atoms with Gasteiger partial charge < -0.3 is 10.0 Å². The Morgan fingerprint density at radius 2 is 2.35 bits per heavy atom. The molecule has 0 aromatic carbocycles. The van der Waals surface area contributed by atoms with E-state index in [-0.39, 0.29) is 0 Å². The summed E-state index contributed by atoms with van der Waals surface area (Å²) in [6.45, 7) is 5.19. The maximum absolute atomic E-state index is 11.2. The number of hydrogen-bond acceptors (Lipinski definition) is 4. The maximum Gasteiger partial charge on any atom is 0.337 e. The van der Waals surface area contributed by atoms with Gasteiger partial charge in [-0.05, 0) is 13.0 Å². The van der Waals surface area contributed by atoms with Gasteiger partial charge in [0.05, 0.1) is 17.4 Å². The number of carboxylic acid groups (broad SMARTS) is 1. The van der Waals surface area contributed by atoms with Crippen molar-refractivity contribution in [2.24, 2.45) is 0 Å². The molecule has 1 saturated heterocycles. The van der Waals surface area contributed by atoms with Crippen LogP contribution in [0.15, 0.2) is 18.5 Å². The first-order valence-corrected chi connectivity index (χ1v) is 6.71. The number of thioether (sulfide) groups is 1. The van der Waals surface area contributed by atoms with Gasteiger partial charge in [-0.25, -0.2) is 4.79 Å². The van der Waals surface area contributed by atoms with E-state index in [1.807, 2.05) is 11.8 Å². The second-order valence-corrected chi connectivity index (χ2v) is 5.69. The Bertz CT molecular complexity index is 425. The summed E-state index contributed by atoms with van der Waals surface area (Å²) in [5.41, 5.74) is 1.07. The first kappa shape index (κ1) is 12.2. The molecule has 1 aliphatic heterocycles. The smallest absolute Gasteiger partial charge is 0.337 e. The molecule has 2 atom stereocenters. The summed E-state index contributed by atoms with van der Waals surface area (Å²) in [6.07, 6.45) is 3.18. The second-order valence-electron chi connectivity index (χ2n) is 4.21. The van der Waals surface area contributed by atoms with E-state index in [1.165, 1.54) is 6.20 Å². The zero-order chi connectivity index (χ0) is 12.4. The van der Waals surface area contributed by atoms with E-state index in [2.05, 4.69) is 23.7 Å². The average Bonchev–Trinajstić information content (AvgIpc) is 2.33. The number of rotatable bonds is 2. The fourth-order valence-electron chi connectivity index (χ4n) is 2.07. The third-order valence-corrected chi connectivity index (χ3v) is 4.56. The average molecular weight is 252 g/mol. The predicted octanol–water partition coefficient (Wildman–Crippen LogP) is 2.11. The highest BCUT2D eigenvalue weighted by molar-refractivity contribution is 8.00. The van der Waals surface area contributed by atoms with E-state index in [9.17, 15) is 9.90 Å². The van der Waals surface area contributed by atoms with Crippen LogP contribution in [0.3, 0.4) is 0 Å². The highest BCUT2D eigenvalue weighted by Crippen LogP contribution is 2.30. The molecule has 0 aliphatic carbocycles. The minimum absolute atomic E-state index is 0.330. The second kappa shape index (κ2) is 4.96. The quantitative estimate of drug-likeness (QED) is 0.873. The third kappa shape index (κ3) is 2.39. The minimum Gasteiger partial charge on any atom is -0.478 e. The summed E-state index contributed by atoms with van der Waals surface area (Å²) < 4.78 is 0. The summed E-state index contributed by atoms with van der Waals surface area (Å²) >= 11 is 1.93. The number of pyridine rings is 1. The number of aromatic nitrogens is 1. The Labute approximate surface area is 105 Å². The monoisotopic (exact) mass is 252 g/mol. The molecule has 1 N–H and O–H groups in total. The van der Waals surface area contributed by atoms with E-state index in [1.54, 1.807) is 12.3 Å². The fourth-order valence-corrected chi connectivity index (χ4v) is 3.17. The van der Waals surface area contributed by atoms with Crippen molar-refractivity contribution in [3.8, 4) is 0 Å². The van der Waals surface area contributed by atoms with E-state index in [0.29, 0.717) is 16.9 Å². The normalized spacial score (nSPS) is 24.7. The molecule has 0 bridgehead atoms. The predicted molar refractivity (Wildman–Crippen MR) is 69.9 cm³/mol. The van der Waals surface area contributed by atoms with Crippen molar-refractivity contribution in [2.75, 3.05) is 17.2 Å². The van der Waals surface area contributed by atoms with Gasteiger partial charge in [-0.15, -0.1) is 0 Å². The SMILES string of the molecule is CC1SCCN(c2cnccc2C(=O)O)C1C. The Morgan fingerprint density at radius 1 is 1.59 bits per heavy atom. The lowest BCUT2D eigenvalue weighted by Gasteiger charge is -2.39. The molecular formula is C12H16N2O2S. The fraction of sp³-hybridized carbons (Fsp3) is 0.500. The molecule has 92 valence electrons. The topological polar surface area (TPSA) is 53.4 Å². The summed E-state index contributed by atoms with van der Waals surface area (Å²) in [6, 6.07) is 1.90. The van der Waals surface area contributed by atoms with Crippen LogP contribution in [0.1, 0.15) is 24.2 Å². The van der Waals surface area contributed by atoms with Crippen LogP contribution in [0.25, 0.3) is 0 Å². The summed E-state index contributed by atoms with van der Waals surface area (Å²) in [5.74, 6) is 0.139. The van der Waals surface area contributed by atoms with Gasteiger partial charge >= 0.3 is 5.97 Å². The molecule has 2 rings (SSSR count). The van der Waals surface area contributed by atoms with Gasteiger partial charge in [0.15, 0.2) is 0 Å². The molecule has 1 fully saturated rings. The third-order valence-electron chi connectivity index (χ3n) is 3.22. The highest BCUT2D eigenvalue weighted by Gasteiger charge is 2.28. The Balaban J connectivity index is 2.36. The molecule has 2 unspecified atom stereocenters. The Hall–Kier alpha value is -1.23. The number of hydrogen-bond donors (Lipinski definition) is 1. The lowest BCUT2D eigenvalue weighted by Crippen LogP contribution is -2.45. The largest absolute Gasteiger partial charge is 0.478 e. The van der Waals surface area contributed by atoms with Gasteiger partial charge in [0, 0.05) is 29.8 Å². The maximum atomic E-state index is 11.2. The van der Waals surface area contributed by atoms with E-state index >= 15 is 0 Å². The summed E-state index contributed by atoms with van der Waals surface area (Å²) in [4.78, 5) is 17.4. The molecule has 4 nitrogen and oxygen atoms in total. The first-order chi connectivity index (χ1) is 8.11. The van der Waals surface area contributed by atoms with Gasteiger partial charge in [0.1, 0.15) is 0 Å². The number of aromatic carboxylic acids is 1. The zero-order valence-electron chi connectivity index (χ0n) is 9.96. The van der Waals surface area contributed by atoms with Crippen molar-refractivity contribution in [3.05, 3.63) is 24.0 Å². The minimum atomic E-state index is -0.888. The van der Waals surface area contributed by atoms with E-state index < -0.39 is 5.97 Å². The van der Waals surface area contributed by atoms with Crippen LogP contribution in [0, 0.1) is 0 Å². The molecule has 5 heteroatoms. The van der Waals surface area contributed by atoms with Gasteiger partial charge in [-0.1, -0.05) is 6.92 Å². The molecule has 1 aromatic rings. The van der Waals surface area contributed by atoms with Crippen LogP contribution in [0.2, 0.25) is 0 Å². The van der Waals surface area contributed by atoms with Gasteiger partial charge in [0.25, 0.3) is 0 Å². The summed E-state index contributed by atoms with van der Waals surface area (Å²) in [5, 5.41) is 9.69. The Morgan fingerprint density at radius 3 is 3.06 bits per heavy atom. The van der Waals surface area contributed by atoms with Gasteiger partial charge in [-0.3, -0.25) is 4.98 Å². The molecule has 2 heterocycles. The van der Waals surface area contributed by atoms with Crippen LogP contribution in [0.5, 0.6) is 0 Å². The zero-order valence-corrected chi connectivity index (χ0v) is 10.8. The van der Waals surface area contributed by atoms with E-state index in [4.69, 9.17) is 0 Å². The first-order valence-electron chi connectivity index (χ1n) is 5.67. The molecule has 1 aliphatic rings. The molecule has 0 spiro atoms. The summed E-state index contributed by atoms with van der Waals surface area (Å²) in [7, 11) is 0. The van der Waals surface area contributed by atoms with Crippen molar-refractivity contribution in [1.82, 2.24) is 4.98 Å². The van der Waals surface area contributed by atoms with Crippen LogP contribution in [-0.2, 0) is 0 Å². The number of carboxylic acids is 1. The molecule has 0 saturated carbocycles. The lowest BCUT2D eigenvalue weighted by atomic mass is 10.1. The molecule has 1 aromatic heterocycles. The van der Waals surface area contributed by atoms with Gasteiger partial charge in [0.2, 0.25) is 0 Å². The van der Waals surface area contributed by atoms with Crippen LogP contribution in [0.4, 0.5) is 5.69 Å². The number of carbonyl (C=O) groups is 1. The van der Waals surface area contributed by atoms with Crippen molar-refractivity contribution in [3.63, 3.8) is 0 Å². The standard InChI is InChI=1S/C12H16N2O2S/c1-8-9(2)17-6-5-14(8)11-7-13-4-3-10(11)12(15)16/h3-4,7-9H,5-6H2,1-2H3,(H,15,16). The highest BCUT2D eigenvalue weighted by atomic mass is 32.2. The van der Waals surface area contributed by atoms with Crippen LogP contribution >= 0.6 is 11.8 Å². The van der Waals surface area contributed by atoms with Crippen molar-refractivity contribution >= 4 is 23.4 Å². The van der Waals surface area contributed by atoms with Crippen molar-refractivity contribution in [1.29, 1.82) is 0 Å². The Kier molecular flexibility index (Phi) is 3.57. The van der Waals surface area contributed by atoms with Gasteiger partial charge in [-0.2, -0.15) is 11.8 Å². The molecule has 17 heavy (non-hydrogen) atoms. The molecule has 0 amide bonds. The van der Waals surface area contributed by atoms with Crippen LogP contribution < -0.4 is 4.90 Å². The van der Waals surface area contributed by atoms with Crippen LogP contribution in [-0.4, -0.2) is 39.6 Å².